The molecule has 0 aliphatic carbocycles. The summed E-state index contributed by atoms with van der Waals surface area (Å²) >= 11 is 0. The summed E-state index contributed by atoms with van der Waals surface area (Å²) in [6, 6.07) is 11.7. The molecule has 0 radical (unpaired) electrons. The van der Waals surface area contributed by atoms with Gasteiger partial charge < -0.3 is 10.1 Å². The van der Waals surface area contributed by atoms with Crippen molar-refractivity contribution in [1.82, 2.24) is 0 Å². The molecule has 24 heavy (non-hydrogen) atoms. The second kappa shape index (κ2) is 7.36. The number of para-hydroxylation sites is 2. The first-order valence-electron chi connectivity index (χ1n) is 7.25. The zero-order chi connectivity index (χ0) is 17.7. The smallest absolute Gasteiger partial charge is 0.343 e. The maximum absolute atomic E-state index is 12.1. The average Bonchev–Trinajstić information content (AvgIpc) is 2.55. The molecule has 0 bridgehead atoms. The number of esters is 1. The zero-order valence-electron chi connectivity index (χ0n) is 13.2. The molecule has 0 aliphatic rings. The van der Waals surface area contributed by atoms with Crippen LogP contribution in [0.5, 0.6) is 5.75 Å². The molecular formula is C17H16N2O5. The van der Waals surface area contributed by atoms with E-state index >= 15 is 0 Å². The van der Waals surface area contributed by atoms with E-state index in [1.54, 1.807) is 32.0 Å². The van der Waals surface area contributed by atoms with Gasteiger partial charge in [-0.1, -0.05) is 26.0 Å². The van der Waals surface area contributed by atoms with Gasteiger partial charge in [0, 0.05) is 17.7 Å². The summed E-state index contributed by atoms with van der Waals surface area (Å²) in [5, 5.41) is 13.6. The standard InChI is InChI=1S/C17H16N2O5/c1-11(2)16(20)18-13-9-7-12(8-10-13)17(21)24-15-6-4-3-5-14(15)19(22)23/h3-11H,1-2H3,(H,18,20). The Labute approximate surface area is 138 Å². The lowest BCUT2D eigenvalue weighted by atomic mass is 10.1. The Bertz CT molecular complexity index is 769. The highest BCUT2D eigenvalue weighted by molar-refractivity contribution is 5.94. The first kappa shape index (κ1) is 17.1. The van der Waals surface area contributed by atoms with Crippen molar-refractivity contribution < 1.29 is 19.2 Å². The Kier molecular flexibility index (Phi) is 5.26. The quantitative estimate of drug-likeness (QED) is 0.392. The van der Waals surface area contributed by atoms with Crippen LogP contribution in [0.25, 0.3) is 0 Å². The van der Waals surface area contributed by atoms with Crippen LogP contribution in [0.15, 0.2) is 48.5 Å². The number of hydrogen-bond acceptors (Lipinski definition) is 5. The molecule has 124 valence electrons. The van der Waals surface area contributed by atoms with Gasteiger partial charge in [-0.15, -0.1) is 0 Å². The summed E-state index contributed by atoms with van der Waals surface area (Å²) in [6.45, 7) is 3.54. The second-order valence-electron chi connectivity index (χ2n) is 5.34. The van der Waals surface area contributed by atoms with E-state index < -0.39 is 10.9 Å². The van der Waals surface area contributed by atoms with Gasteiger partial charge in [0.25, 0.3) is 0 Å². The van der Waals surface area contributed by atoms with E-state index in [0.29, 0.717) is 5.69 Å². The molecule has 1 N–H and O–H groups in total. The number of nitrogens with zero attached hydrogens (tertiary/aromatic N) is 1. The van der Waals surface area contributed by atoms with Crippen LogP contribution in [-0.2, 0) is 4.79 Å². The van der Waals surface area contributed by atoms with Crippen molar-refractivity contribution in [3.05, 3.63) is 64.2 Å². The topological polar surface area (TPSA) is 98.5 Å². The molecule has 0 saturated heterocycles. The molecule has 2 rings (SSSR count). The number of nitro groups is 1. The maximum atomic E-state index is 12.1. The molecule has 0 spiro atoms. The zero-order valence-corrected chi connectivity index (χ0v) is 13.2. The molecule has 7 heteroatoms. The SMILES string of the molecule is CC(C)C(=O)Nc1ccc(C(=O)Oc2ccccc2[N+](=O)[O-])cc1. The summed E-state index contributed by atoms with van der Waals surface area (Å²) in [5.41, 5.74) is 0.485. The van der Waals surface area contributed by atoms with Crippen molar-refractivity contribution in [3.8, 4) is 5.75 Å². The van der Waals surface area contributed by atoms with Gasteiger partial charge >= 0.3 is 11.7 Å². The fraction of sp³-hybridized carbons (Fsp3) is 0.176. The maximum Gasteiger partial charge on any atom is 0.343 e. The predicted molar refractivity (Wildman–Crippen MR) is 88.0 cm³/mol. The van der Waals surface area contributed by atoms with Gasteiger partial charge in [0.15, 0.2) is 0 Å². The van der Waals surface area contributed by atoms with Gasteiger partial charge in [-0.3, -0.25) is 14.9 Å². The predicted octanol–water partition coefficient (Wildman–Crippen LogP) is 3.41. The molecule has 0 aromatic heterocycles. The molecule has 2 aromatic carbocycles. The second-order valence-corrected chi connectivity index (χ2v) is 5.34. The van der Waals surface area contributed by atoms with Crippen molar-refractivity contribution in [2.75, 3.05) is 5.32 Å². The average molecular weight is 328 g/mol. The van der Waals surface area contributed by atoms with Crippen LogP contribution < -0.4 is 10.1 Å². The minimum absolute atomic E-state index is 0.121. The van der Waals surface area contributed by atoms with Crippen molar-refractivity contribution in [1.29, 1.82) is 0 Å². The van der Waals surface area contributed by atoms with E-state index in [9.17, 15) is 19.7 Å². The van der Waals surface area contributed by atoms with Crippen LogP contribution in [0.4, 0.5) is 11.4 Å². The van der Waals surface area contributed by atoms with Crippen LogP contribution in [0, 0.1) is 16.0 Å². The van der Waals surface area contributed by atoms with Gasteiger partial charge in [-0.25, -0.2) is 4.79 Å². The van der Waals surface area contributed by atoms with Crippen molar-refractivity contribution in [2.24, 2.45) is 5.92 Å². The minimum Gasteiger partial charge on any atom is -0.416 e. The third-order valence-corrected chi connectivity index (χ3v) is 3.18. The first-order valence-corrected chi connectivity index (χ1v) is 7.25. The number of ether oxygens (including phenoxy) is 1. The van der Waals surface area contributed by atoms with E-state index in [4.69, 9.17) is 4.74 Å². The molecule has 0 atom stereocenters. The Morgan fingerprint density at radius 1 is 1.08 bits per heavy atom. The number of hydrogen-bond donors (Lipinski definition) is 1. The highest BCUT2D eigenvalue weighted by Gasteiger charge is 2.18. The molecule has 0 heterocycles. The molecule has 7 nitrogen and oxygen atoms in total. The first-order chi connectivity index (χ1) is 11.4. The molecule has 0 fully saturated rings. The van der Waals surface area contributed by atoms with Crippen LogP contribution in [-0.4, -0.2) is 16.8 Å². The molecule has 1 amide bonds. The Morgan fingerprint density at radius 3 is 2.29 bits per heavy atom. The van der Waals surface area contributed by atoms with E-state index in [2.05, 4.69) is 5.32 Å². The van der Waals surface area contributed by atoms with Gasteiger partial charge in [0.2, 0.25) is 11.7 Å². The molecule has 2 aromatic rings. The van der Waals surface area contributed by atoms with E-state index in [1.165, 1.54) is 30.3 Å². The number of benzene rings is 2. The minimum atomic E-state index is -0.717. The van der Waals surface area contributed by atoms with Gasteiger partial charge in [0.1, 0.15) is 0 Å². The van der Waals surface area contributed by atoms with Crippen LogP contribution in [0.3, 0.4) is 0 Å². The third-order valence-electron chi connectivity index (χ3n) is 3.18. The lowest BCUT2D eigenvalue weighted by Crippen LogP contribution is -2.17. The Morgan fingerprint density at radius 2 is 1.71 bits per heavy atom. The normalized spacial score (nSPS) is 10.3. The number of rotatable bonds is 5. The highest BCUT2D eigenvalue weighted by atomic mass is 16.6. The van der Waals surface area contributed by atoms with Gasteiger partial charge in [0.05, 0.1) is 10.5 Å². The van der Waals surface area contributed by atoms with Crippen LogP contribution in [0.1, 0.15) is 24.2 Å². The molecule has 0 unspecified atom stereocenters. The fourth-order valence-corrected chi connectivity index (χ4v) is 1.83. The fourth-order valence-electron chi connectivity index (χ4n) is 1.83. The van der Waals surface area contributed by atoms with Gasteiger partial charge in [-0.2, -0.15) is 0 Å². The number of nitrogens with one attached hydrogen (secondary N) is 1. The Hall–Kier alpha value is -3.22. The van der Waals surface area contributed by atoms with E-state index in [0.717, 1.165) is 0 Å². The monoisotopic (exact) mass is 328 g/mol. The van der Waals surface area contributed by atoms with Crippen molar-refractivity contribution >= 4 is 23.3 Å². The number of carbonyl (C=O) groups excluding carboxylic acids is 2. The number of nitro benzene ring substituents is 1. The van der Waals surface area contributed by atoms with Gasteiger partial charge in [-0.05, 0) is 30.3 Å². The number of carbonyl (C=O) groups is 2. The van der Waals surface area contributed by atoms with E-state index in [-0.39, 0.29) is 28.8 Å². The number of amides is 1. The molecule has 0 aliphatic heterocycles. The summed E-state index contributed by atoms with van der Waals surface area (Å²) in [4.78, 5) is 34.0. The third kappa shape index (κ3) is 4.16. The lowest BCUT2D eigenvalue weighted by Gasteiger charge is -2.08. The van der Waals surface area contributed by atoms with E-state index in [1.807, 2.05) is 0 Å². The summed E-state index contributed by atoms with van der Waals surface area (Å²) in [5.74, 6) is -1.13. The highest BCUT2D eigenvalue weighted by Crippen LogP contribution is 2.26. The van der Waals surface area contributed by atoms with Crippen molar-refractivity contribution in [3.63, 3.8) is 0 Å². The lowest BCUT2D eigenvalue weighted by molar-refractivity contribution is -0.385. The summed E-state index contributed by atoms with van der Waals surface area (Å²) in [7, 11) is 0. The number of anilines is 1. The summed E-state index contributed by atoms with van der Waals surface area (Å²) in [6.07, 6.45) is 0. The van der Waals surface area contributed by atoms with Crippen LogP contribution in [0.2, 0.25) is 0 Å². The summed E-state index contributed by atoms with van der Waals surface area (Å²) < 4.78 is 5.08. The largest absolute Gasteiger partial charge is 0.416 e. The van der Waals surface area contributed by atoms with Crippen molar-refractivity contribution in [2.45, 2.75) is 13.8 Å². The molecule has 0 saturated carbocycles. The molecular weight excluding hydrogens is 312 g/mol. The Balaban J connectivity index is 2.11. The van der Waals surface area contributed by atoms with Crippen LogP contribution >= 0.6 is 0 Å².